The van der Waals surface area contributed by atoms with E-state index in [1.54, 1.807) is 23.1 Å². The summed E-state index contributed by atoms with van der Waals surface area (Å²) in [6.07, 6.45) is 4.27. The number of carbonyl (C=O) groups is 2. The van der Waals surface area contributed by atoms with Crippen LogP contribution in [0.3, 0.4) is 0 Å². The van der Waals surface area contributed by atoms with Crippen molar-refractivity contribution >= 4 is 18.0 Å². The Balaban J connectivity index is 1.89. The highest BCUT2D eigenvalue weighted by molar-refractivity contribution is 5.92. The van der Waals surface area contributed by atoms with Gasteiger partial charge >= 0.3 is 5.97 Å². The molecule has 1 aliphatic rings. The van der Waals surface area contributed by atoms with Crippen LogP contribution in [0.4, 0.5) is 4.39 Å². The van der Waals surface area contributed by atoms with E-state index in [2.05, 4.69) is 0 Å². The molecule has 1 heterocycles. The summed E-state index contributed by atoms with van der Waals surface area (Å²) in [4.78, 5) is 25.1. The average Bonchev–Trinajstić information content (AvgIpc) is 2.52. The molecule has 0 saturated carbocycles. The van der Waals surface area contributed by atoms with E-state index in [4.69, 9.17) is 4.74 Å². The Morgan fingerprint density at radius 3 is 2.67 bits per heavy atom. The fraction of sp³-hybridized carbons (Fsp3) is 0.375. The molecular weight excluding hydrogens is 273 g/mol. The third-order valence-corrected chi connectivity index (χ3v) is 3.61. The molecule has 1 aromatic rings. The maximum atomic E-state index is 13.0. The molecule has 1 saturated heterocycles. The Bertz CT molecular complexity index is 548. The van der Waals surface area contributed by atoms with E-state index in [1.807, 2.05) is 0 Å². The summed E-state index contributed by atoms with van der Waals surface area (Å²) in [6, 6.07) is 6.06. The van der Waals surface area contributed by atoms with E-state index >= 15 is 0 Å². The molecule has 0 unspecified atom stereocenters. The lowest BCUT2D eigenvalue weighted by Gasteiger charge is -2.29. The molecule has 1 amide bonds. The van der Waals surface area contributed by atoms with Crippen LogP contribution in [0.15, 0.2) is 30.3 Å². The second-order valence-corrected chi connectivity index (χ2v) is 5.01. The Morgan fingerprint density at radius 1 is 1.33 bits per heavy atom. The van der Waals surface area contributed by atoms with Crippen molar-refractivity contribution in [2.24, 2.45) is 5.92 Å². The summed E-state index contributed by atoms with van der Waals surface area (Å²) in [7, 11) is 1.38. The van der Waals surface area contributed by atoms with Gasteiger partial charge in [0.15, 0.2) is 0 Å². The van der Waals surface area contributed by atoms with Gasteiger partial charge in [-0.1, -0.05) is 12.1 Å². The van der Waals surface area contributed by atoms with Crippen molar-refractivity contribution in [2.75, 3.05) is 20.2 Å². The molecule has 1 fully saturated rings. The smallest absolute Gasteiger partial charge is 0.308 e. The number of nitrogens with zero attached hydrogens (tertiary/aromatic N) is 1. The van der Waals surface area contributed by atoms with Gasteiger partial charge in [-0.05, 0) is 36.6 Å². The van der Waals surface area contributed by atoms with Crippen LogP contribution in [0.5, 0.6) is 0 Å². The molecule has 0 atom stereocenters. The number of hydrogen-bond donors (Lipinski definition) is 0. The van der Waals surface area contributed by atoms with E-state index in [0.717, 1.165) is 0 Å². The lowest BCUT2D eigenvalue weighted by molar-refractivity contribution is -0.148. The van der Waals surface area contributed by atoms with Gasteiger partial charge in [0.05, 0.1) is 13.0 Å². The molecule has 5 heteroatoms. The number of rotatable bonds is 3. The number of methoxy groups -OCH3 is 1. The molecule has 112 valence electrons. The summed E-state index contributed by atoms with van der Waals surface area (Å²) in [5.74, 6) is -0.783. The van der Waals surface area contributed by atoms with Crippen molar-refractivity contribution in [1.82, 2.24) is 4.90 Å². The topological polar surface area (TPSA) is 46.6 Å². The number of esters is 1. The van der Waals surface area contributed by atoms with Crippen molar-refractivity contribution in [3.63, 3.8) is 0 Å². The minimum atomic E-state index is -0.330. The van der Waals surface area contributed by atoms with Gasteiger partial charge in [0.1, 0.15) is 5.82 Å². The van der Waals surface area contributed by atoms with Gasteiger partial charge in [0.2, 0.25) is 5.91 Å². The summed E-state index contributed by atoms with van der Waals surface area (Å²) >= 11 is 0. The highest BCUT2D eigenvalue weighted by Crippen LogP contribution is 2.18. The number of carbonyl (C=O) groups excluding carboxylic acids is 2. The van der Waals surface area contributed by atoms with E-state index in [0.29, 0.717) is 31.5 Å². The van der Waals surface area contributed by atoms with E-state index in [1.165, 1.54) is 25.3 Å². The predicted octanol–water partition coefficient (Wildman–Crippen LogP) is 2.25. The van der Waals surface area contributed by atoms with Crippen LogP contribution in [0.1, 0.15) is 18.4 Å². The van der Waals surface area contributed by atoms with Crippen molar-refractivity contribution in [3.8, 4) is 0 Å². The number of likely N-dealkylation sites (tertiary alicyclic amines) is 1. The Morgan fingerprint density at radius 2 is 2.05 bits per heavy atom. The Labute approximate surface area is 123 Å². The number of halogens is 1. The second kappa shape index (κ2) is 7.02. The van der Waals surface area contributed by atoms with Crippen molar-refractivity contribution in [1.29, 1.82) is 0 Å². The maximum absolute atomic E-state index is 13.0. The van der Waals surface area contributed by atoms with E-state index in [9.17, 15) is 14.0 Å². The lowest BCUT2D eigenvalue weighted by atomic mass is 9.97. The average molecular weight is 291 g/mol. The fourth-order valence-corrected chi connectivity index (χ4v) is 2.39. The molecule has 4 nitrogen and oxygen atoms in total. The van der Waals surface area contributed by atoms with Crippen LogP contribution >= 0.6 is 0 Å². The Kier molecular flexibility index (Phi) is 5.09. The molecule has 0 aromatic heterocycles. The molecule has 1 aliphatic heterocycles. The third kappa shape index (κ3) is 4.15. The number of amides is 1. The van der Waals surface area contributed by atoms with Crippen molar-refractivity contribution < 1.29 is 18.7 Å². The first-order chi connectivity index (χ1) is 10.1. The summed E-state index contributed by atoms with van der Waals surface area (Å²) in [5, 5.41) is 0. The molecule has 2 rings (SSSR count). The molecule has 0 bridgehead atoms. The quantitative estimate of drug-likeness (QED) is 0.634. The van der Waals surface area contributed by atoms with Crippen LogP contribution in [0.2, 0.25) is 0 Å². The van der Waals surface area contributed by atoms with E-state index in [-0.39, 0.29) is 23.6 Å². The molecular formula is C16H18FNO3. The van der Waals surface area contributed by atoms with Crippen molar-refractivity contribution in [2.45, 2.75) is 12.8 Å². The van der Waals surface area contributed by atoms with Gasteiger partial charge in [-0.2, -0.15) is 0 Å². The summed E-state index contributed by atoms with van der Waals surface area (Å²) in [5.41, 5.74) is 0.646. The standard InChI is InChI=1S/C16H18FNO3/c1-21-16(20)13-7-9-18(10-8-13)15(19)6-5-12-3-2-4-14(17)11-12/h2-6,11,13H,7-10H2,1H3/b6-5+. The molecule has 0 aliphatic carbocycles. The largest absolute Gasteiger partial charge is 0.469 e. The SMILES string of the molecule is COC(=O)C1CCN(C(=O)/C=C/c2cccc(F)c2)CC1. The van der Waals surface area contributed by atoms with Gasteiger partial charge in [-0.25, -0.2) is 4.39 Å². The van der Waals surface area contributed by atoms with Gasteiger partial charge in [0.25, 0.3) is 0 Å². The molecule has 0 N–H and O–H groups in total. The van der Waals surface area contributed by atoms with Crippen LogP contribution < -0.4 is 0 Å². The first-order valence-corrected chi connectivity index (χ1v) is 6.90. The minimum Gasteiger partial charge on any atom is -0.469 e. The highest BCUT2D eigenvalue weighted by Gasteiger charge is 2.26. The lowest BCUT2D eigenvalue weighted by Crippen LogP contribution is -2.39. The first-order valence-electron chi connectivity index (χ1n) is 6.90. The van der Waals surface area contributed by atoms with E-state index < -0.39 is 0 Å². The van der Waals surface area contributed by atoms with Gasteiger partial charge < -0.3 is 9.64 Å². The maximum Gasteiger partial charge on any atom is 0.308 e. The fourth-order valence-electron chi connectivity index (χ4n) is 2.39. The molecule has 0 spiro atoms. The number of hydrogen-bond acceptors (Lipinski definition) is 3. The molecule has 21 heavy (non-hydrogen) atoms. The zero-order valence-electron chi connectivity index (χ0n) is 11.9. The zero-order valence-corrected chi connectivity index (χ0v) is 11.9. The molecule has 1 aromatic carbocycles. The van der Waals surface area contributed by atoms with Crippen LogP contribution in [-0.2, 0) is 14.3 Å². The van der Waals surface area contributed by atoms with Crippen molar-refractivity contribution in [3.05, 3.63) is 41.7 Å². The van der Waals surface area contributed by atoms with Gasteiger partial charge in [-0.15, -0.1) is 0 Å². The summed E-state index contributed by atoms with van der Waals surface area (Å²) in [6.45, 7) is 1.07. The minimum absolute atomic E-state index is 0.119. The number of ether oxygens (including phenoxy) is 1. The molecule has 0 radical (unpaired) electrons. The van der Waals surface area contributed by atoms with Gasteiger partial charge in [0, 0.05) is 19.2 Å². The van der Waals surface area contributed by atoms with Gasteiger partial charge in [-0.3, -0.25) is 9.59 Å². The Hall–Kier alpha value is -2.17. The second-order valence-electron chi connectivity index (χ2n) is 5.01. The number of piperidine rings is 1. The number of benzene rings is 1. The normalized spacial score (nSPS) is 16.2. The summed E-state index contributed by atoms with van der Waals surface area (Å²) < 4.78 is 17.7. The monoisotopic (exact) mass is 291 g/mol. The highest BCUT2D eigenvalue weighted by atomic mass is 19.1. The predicted molar refractivity (Wildman–Crippen MR) is 76.8 cm³/mol. The van der Waals surface area contributed by atoms with Crippen LogP contribution in [-0.4, -0.2) is 37.0 Å². The zero-order chi connectivity index (χ0) is 15.2. The van der Waals surface area contributed by atoms with Crippen LogP contribution in [0.25, 0.3) is 6.08 Å². The third-order valence-electron chi connectivity index (χ3n) is 3.61. The van der Waals surface area contributed by atoms with Crippen LogP contribution in [0, 0.1) is 11.7 Å². The first kappa shape index (κ1) is 15.2.